The minimum atomic E-state index is -3.64. The van der Waals surface area contributed by atoms with Gasteiger partial charge in [-0.1, -0.05) is 6.92 Å². The molecule has 1 heterocycles. The molecule has 1 aromatic carbocycles. The number of hydrogen-bond acceptors (Lipinski definition) is 5. The molecule has 1 amide bonds. The van der Waals surface area contributed by atoms with Gasteiger partial charge in [0.25, 0.3) is 0 Å². The molecular weight excluding hydrogens is 356 g/mol. The molecule has 7 nitrogen and oxygen atoms in total. The lowest BCUT2D eigenvalue weighted by molar-refractivity contribution is -0.134. The van der Waals surface area contributed by atoms with Crippen molar-refractivity contribution in [3.63, 3.8) is 0 Å². The molecule has 1 aromatic rings. The highest BCUT2D eigenvalue weighted by Crippen LogP contribution is 2.39. The Morgan fingerprint density at radius 2 is 1.69 bits per heavy atom. The van der Waals surface area contributed by atoms with Gasteiger partial charge in [0.2, 0.25) is 15.9 Å². The molecule has 26 heavy (non-hydrogen) atoms. The summed E-state index contributed by atoms with van der Waals surface area (Å²) in [6, 6.07) is 5.76. The van der Waals surface area contributed by atoms with Crippen LogP contribution in [0.5, 0.6) is 0 Å². The van der Waals surface area contributed by atoms with Crippen molar-refractivity contribution in [2.75, 3.05) is 32.8 Å². The zero-order chi connectivity index (χ0) is 18.9. The number of amides is 1. The van der Waals surface area contributed by atoms with Crippen LogP contribution in [0.2, 0.25) is 0 Å². The van der Waals surface area contributed by atoms with Crippen LogP contribution >= 0.6 is 0 Å². The second kappa shape index (κ2) is 7.36. The van der Waals surface area contributed by atoms with Crippen LogP contribution in [0.25, 0.3) is 0 Å². The van der Waals surface area contributed by atoms with E-state index in [2.05, 4.69) is 6.92 Å². The number of carbonyl (C=O) groups excluding carboxylic acids is 2. The van der Waals surface area contributed by atoms with Gasteiger partial charge in [0.1, 0.15) is 0 Å². The summed E-state index contributed by atoms with van der Waals surface area (Å²) in [5, 5.41) is 0. The molecule has 2 fully saturated rings. The quantitative estimate of drug-likeness (QED) is 0.720. The van der Waals surface area contributed by atoms with Gasteiger partial charge in [-0.05, 0) is 43.5 Å². The lowest BCUT2D eigenvalue weighted by atomic mass is 10.2. The average Bonchev–Trinajstić information content (AvgIpc) is 3.38. The third kappa shape index (κ3) is 3.76. The number of ether oxygens (including phenoxy) is 1. The summed E-state index contributed by atoms with van der Waals surface area (Å²) in [6.07, 6.45) is 0.935. The second-order valence-electron chi connectivity index (χ2n) is 6.79. The molecule has 3 rings (SSSR count). The molecule has 8 heteroatoms. The fourth-order valence-corrected chi connectivity index (χ4v) is 4.60. The standard InChI is InChI=1S/C18H24N2O5S/c1-3-25-18(22)14-4-6-15(7-5-14)26(23,24)20-10-8-19(9-11-20)17(21)16-12-13(16)2/h4-7,13,16H,3,8-12H2,1-2H3/t13-,16+/m1/s1. The summed E-state index contributed by atoms with van der Waals surface area (Å²) >= 11 is 0. The minimum absolute atomic E-state index is 0.119. The van der Waals surface area contributed by atoms with Crippen molar-refractivity contribution >= 4 is 21.9 Å². The molecule has 1 saturated carbocycles. The Labute approximate surface area is 154 Å². The van der Waals surface area contributed by atoms with Gasteiger partial charge in [-0.15, -0.1) is 0 Å². The number of piperazine rings is 1. The van der Waals surface area contributed by atoms with Crippen LogP contribution in [0.15, 0.2) is 29.2 Å². The Morgan fingerprint density at radius 1 is 1.12 bits per heavy atom. The number of carbonyl (C=O) groups is 2. The van der Waals surface area contributed by atoms with Crippen molar-refractivity contribution in [1.29, 1.82) is 0 Å². The van der Waals surface area contributed by atoms with Gasteiger partial charge in [0, 0.05) is 32.1 Å². The van der Waals surface area contributed by atoms with E-state index in [1.54, 1.807) is 11.8 Å². The van der Waals surface area contributed by atoms with Crippen molar-refractivity contribution in [1.82, 2.24) is 9.21 Å². The highest BCUT2D eigenvalue weighted by molar-refractivity contribution is 7.89. The maximum Gasteiger partial charge on any atom is 0.338 e. The van der Waals surface area contributed by atoms with E-state index >= 15 is 0 Å². The number of nitrogens with zero attached hydrogens (tertiary/aromatic N) is 2. The maximum atomic E-state index is 12.8. The van der Waals surface area contributed by atoms with Crippen molar-refractivity contribution in [2.45, 2.75) is 25.2 Å². The van der Waals surface area contributed by atoms with Gasteiger partial charge in [-0.25, -0.2) is 13.2 Å². The van der Waals surface area contributed by atoms with Crippen LogP contribution in [-0.2, 0) is 19.6 Å². The van der Waals surface area contributed by atoms with E-state index in [1.165, 1.54) is 28.6 Å². The first-order valence-corrected chi connectivity index (χ1v) is 10.3. The summed E-state index contributed by atoms with van der Waals surface area (Å²) in [6.45, 7) is 5.45. The summed E-state index contributed by atoms with van der Waals surface area (Å²) < 4.78 is 31.8. The molecule has 0 spiro atoms. The fraction of sp³-hybridized carbons (Fsp3) is 0.556. The number of hydrogen-bond donors (Lipinski definition) is 0. The lowest BCUT2D eigenvalue weighted by Gasteiger charge is -2.34. The Hall–Kier alpha value is -1.93. The Bertz CT molecular complexity index is 782. The Kier molecular flexibility index (Phi) is 5.34. The van der Waals surface area contributed by atoms with E-state index in [9.17, 15) is 18.0 Å². The van der Waals surface area contributed by atoms with Gasteiger partial charge in [0.05, 0.1) is 17.1 Å². The maximum absolute atomic E-state index is 12.8. The summed E-state index contributed by atoms with van der Waals surface area (Å²) in [7, 11) is -3.64. The van der Waals surface area contributed by atoms with Crippen molar-refractivity contribution in [3.8, 4) is 0 Å². The molecule has 0 unspecified atom stereocenters. The minimum Gasteiger partial charge on any atom is -0.462 e. The molecule has 1 saturated heterocycles. The van der Waals surface area contributed by atoms with E-state index in [0.717, 1.165) is 6.42 Å². The molecule has 2 atom stereocenters. The van der Waals surface area contributed by atoms with E-state index in [0.29, 0.717) is 24.6 Å². The van der Waals surface area contributed by atoms with E-state index in [-0.39, 0.29) is 36.4 Å². The largest absolute Gasteiger partial charge is 0.462 e. The van der Waals surface area contributed by atoms with Crippen LogP contribution in [0.4, 0.5) is 0 Å². The third-order valence-electron chi connectivity index (χ3n) is 4.98. The predicted octanol–water partition coefficient (Wildman–Crippen LogP) is 1.35. The number of rotatable bonds is 5. The first kappa shape index (κ1) is 18.8. The monoisotopic (exact) mass is 380 g/mol. The molecule has 0 N–H and O–H groups in total. The third-order valence-corrected chi connectivity index (χ3v) is 6.89. The van der Waals surface area contributed by atoms with E-state index in [4.69, 9.17) is 4.74 Å². The molecule has 1 aliphatic carbocycles. The van der Waals surface area contributed by atoms with Gasteiger partial charge < -0.3 is 9.64 Å². The summed E-state index contributed by atoms with van der Waals surface area (Å²) in [4.78, 5) is 25.8. The average molecular weight is 380 g/mol. The first-order valence-electron chi connectivity index (χ1n) is 8.90. The van der Waals surface area contributed by atoms with E-state index in [1.807, 2.05) is 0 Å². The Balaban J connectivity index is 1.63. The lowest BCUT2D eigenvalue weighted by Crippen LogP contribution is -2.51. The molecular formula is C18H24N2O5S. The second-order valence-corrected chi connectivity index (χ2v) is 8.73. The SMILES string of the molecule is CCOC(=O)c1ccc(S(=O)(=O)N2CCN(C(=O)[C@H]3C[C@H]3C)CC2)cc1. The van der Waals surface area contributed by atoms with Crippen LogP contribution in [-0.4, -0.2) is 62.3 Å². The highest BCUT2D eigenvalue weighted by Gasteiger charge is 2.42. The zero-order valence-corrected chi connectivity index (χ0v) is 15.9. The van der Waals surface area contributed by atoms with Crippen LogP contribution < -0.4 is 0 Å². The van der Waals surface area contributed by atoms with Gasteiger partial charge in [0.15, 0.2) is 0 Å². The normalized spacial score (nSPS) is 23.5. The van der Waals surface area contributed by atoms with Crippen LogP contribution in [0.1, 0.15) is 30.6 Å². The van der Waals surface area contributed by atoms with Crippen LogP contribution in [0.3, 0.4) is 0 Å². The summed E-state index contributed by atoms with van der Waals surface area (Å²) in [5.41, 5.74) is 0.319. The predicted molar refractivity (Wildman–Crippen MR) is 95.0 cm³/mol. The molecule has 1 aliphatic heterocycles. The zero-order valence-electron chi connectivity index (χ0n) is 15.1. The first-order chi connectivity index (χ1) is 12.3. The molecule has 0 aromatic heterocycles. The van der Waals surface area contributed by atoms with Crippen molar-refractivity contribution < 1.29 is 22.7 Å². The fourth-order valence-electron chi connectivity index (χ4n) is 3.18. The molecule has 142 valence electrons. The number of benzene rings is 1. The van der Waals surface area contributed by atoms with Crippen molar-refractivity contribution in [2.24, 2.45) is 11.8 Å². The van der Waals surface area contributed by atoms with Crippen molar-refractivity contribution in [3.05, 3.63) is 29.8 Å². The Morgan fingerprint density at radius 3 is 2.19 bits per heavy atom. The van der Waals surface area contributed by atoms with Gasteiger partial charge in [-0.3, -0.25) is 4.79 Å². The number of sulfonamides is 1. The van der Waals surface area contributed by atoms with Gasteiger partial charge >= 0.3 is 5.97 Å². The number of esters is 1. The smallest absolute Gasteiger partial charge is 0.338 e. The molecule has 0 bridgehead atoms. The topological polar surface area (TPSA) is 84.0 Å². The highest BCUT2D eigenvalue weighted by atomic mass is 32.2. The molecule has 0 radical (unpaired) electrons. The summed E-state index contributed by atoms with van der Waals surface area (Å²) in [5.74, 6) is 0.238. The van der Waals surface area contributed by atoms with Gasteiger partial charge in [-0.2, -0.15) is 4.31 Å². The molecule has 2 aliphatic rings. The van der Waals surface area contributed by atoms with Crippen LogP contribution in [0, 0.1) is 11.8 Å². The van der Waals surface area contributed by atoms with E-state index < -0.39 is 16.0 Å².